The van der Waals surface area contributed by atoms with Crippen LogP contribution in [0.5, 0.6) is 0 Å². The number of likely N-dealkylation sites (tertiary alicyclic amines) is 1. The van der Waals surface area contributed by atoms with E-state index in [1.165, 1.54) is 12.3 Å². The van der Waals surface area contributed by atoms with Gasteiger partial charge in [0, 0.05) is 25.0 Å². The summed E-state index contributed by atoms with van der Waals surface area (Å²) in [5.41, 5.74) is 1.39. The van der Waals surface area contributed by atoms with Gasteiger partial charge in [-0.3, -0.25) is 4.79 Å². The minimum Gasteiger partial charge on any atom is -0.350 e. The van der Waals surface area contributed by atoms with Gasteiger partial charge in [-0.1, -0.05) is 24.3 Å². The Morgan fingerprint density at radius 2 is 2.00 bits per heavy atom. The van der Waals surface area contributed by atoms with Crippen molar-refractivity contribution in [3.05, 3.63) is 60.2 Å². The Morgan fingerprint density at radius 1 is 1.20 bits per heavy atom. The van der Waals surface area contributed by atoms with Crippen LogP contribution in [0.4, 0.5) is 14.9 Å². The standard InChI is InChI=1S/C18H19FN4O2/c19-16-9-8-13(11-20-16)12-21-17(24)15-7-4-10-23(15)18(25)22-14-5-2-1-3-6-14/h1-3,5-6,8-9,11,15H,4,7,10,12H2,(H,21,24)(H,22,25)/t15-/m0/s1. The smallest absolute Gasteiger partial charge is 0.322 e. The van der Waals surface area contributed by atoms with Gasteiger partial charge in [0.25, 0.3) is 0 Å². The van der Waals surface area contributed by atoms with Crippen LogP contribution >= 0.6 is 0 Å². The molecule has 7 heteroatoms. The molecule has 1 aliphatic rings. The topological polar surface area (TPSA) is 74.3 Å². The first-order chi connectivity index (χ1) is 12.1. The lowest BCUT2D eigenvalue weighted by Gasteiger charge is -2.24. The number of rotatable bonds is 4. The average Bonchev–Trinajstić information content (AvgIpc) is 3.12. The van der Waals surface area contributed by atoms with Crippen LogP contribution in [0, 0.1) is 5.95 Å². The highest BCUT2D eigenvalue weighted by Crippen LogP contribution is 2.19. The van der Waals surface area contributed by atoms with Gasteiger partial charge in [-0.05, 0) is 36.6 Å². The lowest BCUT2D eigenvalue weighted by atomic mass is 10.2. The number of amides is 3. The molecule has 1 saturated heterocycles. The Balaban J connectivity index is 1.57. The number of pyridine rings is 1. The van der Waals surface area contributed by atoms with Crippen molar-refractivity contribution in [2.75, 3.05) is 11.9 Å². The maximum Gasteiger partial charge on any atom is 0.322 e. The summed E-state index contributed by atoms with van der Waals surface area (Å²) in [6.07, 6.45) is 2.78. The quantitative estimate of drug-likeness (QED) is 0.839. The number of hydrogen-bond donors (Lipinski definition) is 2. The molecule has 2 heterocycles. The Kier molecular flexibility index (Phi) is 5.23. The Bertz CT molecular complexity index is 737. The van der Waals surface area contributed by atoms with Crippen molar-refractivity contribution >= 4 is 17.6 Å². The molecule has 1 atom stereocenters. The van der Waals surface area contributed by atoms with Crippen molar-refractivity contribution in [2.45, 2.75) is 25.4 Å². The van der Waals surface area contributed by atoms with Gasteiger partial charge in [0.1, 0.15) is 6.04 Å². The third kappa shape index (κ3) is 4.32. The predicted molar refractivity (Wildman–Crippen MR) is 91.2 cm³/mol. The van der Waals surface area contributed by atoms with Gasteiger partial charge in [-0.2, -0.15) is 4.39 Å². The molecule has 2 N–H and O–H groups in total. The molecule has 3 amide bonds. The van der Waals surface area contributed by atoms with Crippen LogP contribution in [-0.2, 0) is 11.3 Å². The molecule has 1 fully saturated rings. The fraction of sp³-hybridized carbons (Fsp3) is 0.278. The van der Waals surface area contributed by atoms with E-state index in [0.29, 0.717) is 24.2 Å². The minimum atomic E-state index is -0.561. The Morgan fingerprint density at radius 3 is 2.72 bits per heavy atom. The first kappa shape index (κ1) is 16.9. The van der Waals surface area contributed by atoms with E-state index in [-0.39, 0.29) is 18.5 Å². The van der Waals surface area contributed by atoms with Crippen molar-refractivity contribution in [1.82, 2.24) is 15.2 Å². The molecule has 6 nitrogen and oxygen atoms in total. The number of anilines is 1. The molecule has 0 bridgehead atoms. The molecular formula is C18H19FN4O2. The third-order valence-electron chi connectivity index (χ3n) is 4.10. The zero-order valence-corrected chi connectivity index (χ0v) is 13.6. The number of aromatic nitrogens is 1. The van der Waals surface area contributed by atoms with Crippen LogP contribution < -0.4 is 10.6 Å². The zero-order chi connectivity index (χ0) is 17.6. The van der Waals surface area contributed by atoms with Crippen LogP contribution in [0.25, 0.3) is 0 Å². The summed E-state index contributed by atoms with van der Waals surface area (Å²) in [6, 6.07) is 11.2. The van der Waals surface area contributed by atoms with Gasteiger partial charge in [-0.15, -0.1) is 0 Å². The Labute approximate surface area is 145 Å². The van der Waals surface area contributed by atoms with Gasteiger partial charge in [-0.25, -0.2) is 9.78 Å². The number of nitrogens with one attached hydrogen (secondary N) is 2. The minimum absolute atomic E-state index is 0.218. The lowest BCUT2D eigenvalue weighted by molar-refractivity contribution is -0.124. The van der Waals surface area contributed by atoms with Crippen molar-refractivity contribution in [2.24, 2.45) is 0 Å². The maximum absolute atomic E-state index is 12.8. The molecular weight excluding hydrogens is 323 g/mol. The van der Waals surface area contributed by atoms with Gasteiger partial charge >= 0.3 is 6.03 Å². The molecule has 1 aromatic heterocycles. The third-order valence-corrected chi connectivity index (χ3v) is 4.10. The van der Waals surface area contributed by atoms with Crippen LogP contribution in [-0.4, -0.2) is 34.4 Å². The van der Waals surface area contributed by atoms with Gasteiger partial charge in [0.05, 0.1) is 0 Å². The second-order valence-corrected chi connectivity index (χ2v) is 5.85. The summed E-state index contributed by atoms with van der Waals surface area (Å²) in [6.45, 7) is 0.783. The molecule has 25 heavy (non-hydrogen) atoms. The van der Waals surface area contributed by atoms with E-state index in [4.69, 9.17) is 0 Å². The zero-order valence-electron chi connectivity index (χ0n) is 13.6. The second-order valence-electron chi connectivity index (χ2n) is 5.85. The molecule has 130 valence electrons. The number of hydrogen-bond acceptors (Lipinski definition) is 3. The van der Waals surface area contributed by atoms with Crippen LogP contribution in [0.1, 0.15) is 18.4 Å². The number of carbonyl (C=O) groups excluding carboxylic acids is 2. The van der Waals surface area contributed by atoms with Crippen LogP contribution in [0.3, 0.4) is 0 Å². The number of para-hydroxylation sites is 1. The number of halogens is 1. The normalized spacial score (nSPS) is 16.5. The number of nitrogens with zero attached hydrogens (tertiary/aromatic N) is 2. The van der Waals surface area contributed by atoms with Gasteiger partial charge in [0.15, 0.2) is 0 Å². The molecule has 0 aliphatic carbocycles. The molecule has 0 unspecified atom stereocenters. The first-order valence-electron chi connectivity index (χ1n) is 8.14. The van der Waals surface area contributed by atoms with Crippen LogP contribution in [0.2, 0.25) is 0 Å². The Hall–Kier alpha value is -2.96. The maximum atomic E-state index is 12.8. The first-order valence-corrected chi connectivity index (χ1v) is 8.14. The fourth-order valence-electron chi connectivity index (χ4n) is 2.82. The highest BCUT2D eigenvalue weighted by atomic mass is 19.1. The van der Waals surface area contributed by atoms with E-state index < -0.39 is 12.0 Å². The largest absolute Gasteiger partial charge is 0.350 e. The molecule has 3 rings (SSSR count). The van der Waals surface area contributed by atoms with Crippen molar-refractivity contribution in [1.29, 1.82) is 0 Å². The molecule has 0 radical (unpaired) electrons. The summed E-state index contributed by atoms with van der Waals surface area (Å²) >= 11 is 0. The summed E-state index contributed by atoms with van der Waals surface area (Å²) in [4.78, 5) is 29.9. The molecule has 0 spiro atoms. The summed E-state index contributed by atoms with van der Waals surface area (Å²) in [7, 11) is 0. The monoisotopic (exact) mass is 342 g/mol. The summed E-state index contributed by atoms with van der Waals surface area (Å²) in [5.74, 6) is -0.778. The predicted octanol–water partition coefficient (Wildman–Crippen LogP) is 2.53. The van der Waals surface area contributed by atoms with E-state index in [0.717, 1.165) is 6.42 Å². The number of urea groups is 1. The van der Waals surface area contributed by atoms with E-state index in [1.807, 2.05) is 18.2 Å². The van der Waals surface area contributed by atoms with E-state index >= 15 is 0 Å². The van der Waals surface area contributed by atoms with E-state index in [1.54, 1.807) is 23.1 Å². The van der Waals surface area contributed by atoms with Crippen LogP contribution in [0.15, 0.2) is 48.7 Å². The molecule has 1 aromatic carbocycles. The SMILES string of the molecule is O=C(NCc1ccc(F)nc1)[C@@H]1CCCN1C(=O)Nc1ccccc1. The highest BCUT2D eigenvalue weighted by Gasteiger charge is 2.33. The number of carbonyl (C=O) groups is 2. The highest BCUT2D eigenvalue weighted by molar-refractivity contribution is 5.94. The van der Waals surface area contributed by atoms with Gasteiger partial charge in [0.2, 0.25) is 11.9 Å². The van der Waals surface area contributed by atoms with E-state index in [2.05, 4.69) is 15.6 Å². The second kappa shape index (κ2) is 7.74. The molecule has 1 aliphatic heterocycles. The fourth-order valence-corrected chi connectivity index (χ4v) is 2.82. The number of benzene rings is 1. The summed E-state index contributed by atoms with van der Waals surface area (Å²) < 4.78 is 12.8. The summed E-state index contributed by atoms with van der Waals surface area (Å²) in [5, 5.41) is 5.59. The van der Waals surface area contributed by atoms with Crippen molar-refractivity contribution in [3.63, 3.8) is 0 Å². The van der Waals surface area contributed by atoms with Crippen molar-refractivity contribution in [3.8, 4) is 0 Å². The van der Waals surface area contributed by atoms with E-state index in [9.17, 15) is 14.0 Å². The van der Waals surface area contributed by atoms with Crippen molar-refractivity contribution < 1.29 is 14.0 Å². The average molecular weight is 342 g/mol. The molecule has 2 aromatic rings. The van der Waals surface area contributed by atoms with Gasteiger partial charge < -0.3 is 15.5 Å². The molecule has 0 saturated carbocycles. The lowest BCUT2D eigenvalue weighted by Crippen LogP contribution is -2.47.